The number of hydrogen-bond acceptors (Lipinski definition) is 4. The lowest BCUT2D eigenvalue weighted by Crippen LogP contribution is -2.46. The number of carbonyl (C=O) groups excluding carboxylic acids is 2. The minimum absolute atomic E-state index is 0. The summed E-state index contributed by atoms with van der Waals surface area (Å²) in [6, 6.07) is 4.72. The number of aryl methyl sites for hydroxylation is 1. The van der Waals surface area contributed by atoms with E-state index in [0.717, 1.165) is 18.4 Å². The highest BCUT2D eigenvalue weighted by atomic mass is 35.5. The minimum Gasteiger partial charge on any atom is -0.494 e. The molecule has 1 heterocycles. The van der Waals surface area contributed by atoms with E-state index >= 15 is 0 Å². The average molecular weight is 388 g/mol. The molecule has 0 saturated carbocycles. The van der Waals surface area contributed by atoms with Crippen molar-refractivity contribution in [1.29, 1.82) is 0 Å². The Hall–Kier alpha value is -1.86. The fourth-order valence-corrected chi connectivity index (χ4v) is 3.03. The van der Waals surface area contributed by atoms with Crippen LogP contribution in [0, 0.1) is 11.7 Å². The van der Waals surface area contributed by atoms with Gasteiger partial charge in [-0.05, 0) is 37.0 Å². The molecule has 0 spiro atoms. The zero-order chi connectivity index (χ0) is 18.2. The van der Waals surface area contributed by atoms with E-state index in [4.69, 9.17) is 10.5 Å². The summed E-state index contributed by atoms with van der Waals surface area (Å²) in [4.78, 5) is 26.2. The Morgan fingerprint density at radius 3 is 2.85 bits per heavy atom. The maximum absolute atomic E-state index is 13.7. The third-order valence-corrected chi connectivity index (χ3v) is 4.43. The Bertz CT molecular complexity index is 615. The molecule has 1 atom stereocenters. The molecule has 1 aromatic rings. The van der Waals surface area contributed by atoms with Gasteiger partial charge in [-0.15, -0.1) is 12.4 Å². The van der Waals surface area contributed by atoms with E-state index in [0.29, 0.717) is 39.0 Å². The monoisotopic (exact) mass is 387 g/mol. The molecule has 0 aliphatic carbocycles. The fourth-order valence-electron chi connectivity index (χ4n) is 3.03. The van der Waals surface area contributed by atoms with E-state index in [1.807, 2.05) is 0 Å². The Morgan fingerprint density at radius 2 is 2.19 bits per heavy atom. The van der Waals surface area contributed by atoms with Crippen LogP contribution in [0.1, 0.15) is 24.8 Å². The second-order valence-corrected chi connectivity index (χ2v) is 6.23. The van der Waals surface area contributed by atoms with E-state index in [1.165, 1.54) is 13.2 Å². The summed E-state index contributed by atoms with van der Waals surface area (Å²) in [5.41, 5.74) is 6.14. The molecule has 1 saturated heterocycles. The number of nitrogens with one attached hydrogen (secondary N) is 1. The van der Waals surface area contributed by atoms with E-state index < -0.39 is 5.82 Å². The third kappa shape index (κ3) is 6.14. The summed E-state index contributed by atoms with van der Waals surface area (Å²) in [5, 5.41) is 2.78. The van der Waals surface area contributed by atoms with Gasteiger partial charge in [-0.2, -0.15) is 0 Å². The summed E-state index contributed by atoms with van der Waals surface area (Å²) in [6.07, 6.45) is 2.34. The lowest BCUT2D eigenvalue weighted by Gasteiger charge is -2.32. The Balaban J connectivity index is 0.00000338. The van der Waals surface area contributed by atoms with Crippen molar-refractivity contribution in [3.05, 3.63) is 29.6 Å². The molecule has 26 heavy (non-hydrogen) atoms. The molecule has 1 fully saturated rings. The number of likely N-dealkylation sites (tertiary alicyclic amines) is 1. The van der Waals surface area contributed by atoms with Gasteiger partial charge in [0.15, 0.2) is 11.6 Å². The smallest absolute Gasteiger partial charge is 0.224 e. The van der Waals surface area contributed by atoms with Crippen molar-refractivity contribution in [1.82, 2.24) is 10.2 Å². The quantitative estimate of drug-likeness (QED) is 0.742. The SMILES string of the molecule is COc1ccc(CCC(=O)N2CCCC(C(=O)NCCN)C2)cc1F.Cl. The lowest BCUT2D eigenvalue weighted by molar-refractivity contribution is -0.135. The molecule has 3 N–H and O–H groups in total. The lowest BCUT2D eigenvalue weighted by atomic mass is 9.96. The highest BCUT2D eigenvalue weighted by molar-refractivity contribution is 5.85. The number of halogens is 2. The molecule has 2 amide bonds. The molecular weight excluding hydrogens is 361 g/mol. The van der Waals surface area contributed by atoms with E-state index in [1.54, 1.807) is 17.0 Å². The molecule has 0 bridgehead atoms. The van der Waals surface area contributed by atoms with E-state index in [9.17, 15) is 14.0 Å². The molecule has 1 aliphatic heterocycles. The van der Waals surface area contributed by atoms with Gasteiger partial charge in [-0.25, -0.2) is 4.39 Å². The van der Waals surface area contributed by atoms with Gasteiger partial charge in [0.25, 0.3) is 0 Å². The standard InChI is InChI=1S/C18H26FN3O3.ClH/c1-25-16-6-4-13(11-15(16)19)5-7-17(23)22-10-2-3-14(12-22)18(24)21-9-8-20;/h4,6,11,14H,2-3,5,7-10,12,20H2,1H3,(H,21,24);1H. The molecule has 6 nitrogen and oxygen atoms in total. The predicted molar refractivity (Wildman–Crippen MR) is 99.9 cm³/mol. The highest BCUT2D eigenvalue weighted by Gasteiger charge is 2.27. The number of nitrogens with zero attached hydrogens (tertiary/aromatic N) is 1. The number of benzene rings is 1. The normalized spacial score (nSPS) is 16.6. The van der Waals surface area contributed by atoms with Crippen molar-refractivity contribution < 1.29 is 18.7 Å². The van der Waals surface area contributed by atoms with Gasteiger partial charge < -0.3 is 20.7 Å². The van der Waals surface area contributed by atoms with Crippen LogP contribution in [-0.2, 0) is 16.0 Å². The van der Waals surface area contributed by atoms with Crippen molar-refractivity contribution in [3.8, 4) is 5.75 Å². The van der Waals surface area contributed by atoms with Gasteiger partial charge in [0.05, 0.1) is 13.0 Å². The van der Waals surface area contributed by atoms with Crippen LogP contribution in [0.25, 0.3) is 0 Å². The van der Waals surface area contributed by atoms with Crippen LogP contribution in [0.5, 0.6) is 5.75 Å². The topological polar surface area (TPSA) is 84.7 Å². The molecular formula is C18H27ClFN3O3. The highest BCUT2D eigenvalue weighted by Crippen LogP contribution is 2.20. The fraction of sp³-hybridized carbons (Fsp3) is 0.556. The maximum Gasteiger partial charge on any atom is 0.224 e. The summed E-state index contributed by atoms with van der Waals surface area (Å²) in [5.74, 6) is -0.463. The number of amides is 2. The zero-order valence-corrected chi connectivity index (χ0v) is 15.8. The Morgan fingerprint density at radius 1 is 1.42 bits per heavy atom. The van der Waals surface area contributed by atoms with E-state index in [-0.39, 0.29) is 35.9 Å². The molecule has 2 rings (SSSR count). The molecule has 1 aliphatic rings. The zero-order valence-electron chi connectivity index (χ0n) is 15.0. The van der Waals surface area contributed by atoms with Crippen LogP contribution >= 0.6 is 12.4 Å². The van der Waals surface area contributed by atoms with Crippen LogP contribution < -0.4 is 15.8 Å². The van der Waals surface area contributed by atoms with Gasteiger partial charge in [-0.3, -0.25) is 9.59 Å². The number of piperidine rings is 1. The van der Waals surface area contributed by atoms with Crippen LogP contribution in [0.3, 0.4) is 0 Å². The first-order valence-corrected chi connectivity index (χ1v) is 8.63. The van der Waals surface area contributed by atoms with Crippen LogP contribution in [0.15, 0.2) is 18.2 Å². The summed E-state index contributed by atoms with van der Waals surface area (Å²) in [7, 11) is 1.41. The van der Waals surface area contributed by atoms with Gasteiger partial charge in [0.2, 0.25) is 11.8 Å². The second kappa shape index (κ2) is 11.0. The van der Waals surface area contributed by atoms with Gasteiger partial charge >= 0.3 is 0 Å². The Kier molecular flexibility index (Phi) is 9.37. The number of hydrogen-bond donors (Lipinski definition) is 2. The summed E-state index contributed by atoms with van der Waals surface area (Å²) in [6.45, 7) is 1.95. The molecule has 0 radical (unpaired) electrons. The first-order chi connectivity index (χ1) is 12.0. The van der Waals surface area contributed by atoms with Crippen molar-refractivity contribution in [2.24, 2.45) is 11.7 Å². The first kappa shape index (κ1) is 22.2. The van der Waals surface area contributed by atoms with Crippen LogP contribution in [0.2, 0.25) is 0 Å². The molecule has 1 aromatic carbocycles. The van der Waals surface area contributed by atoms with Gasteiger partial charge in [0.1, 0.15) is 0 Å². The third-order valence-electron chi connectivity index (χ3n) is 4.43. The number of nitrogens with two attached hydrogens (primary N) is 1. The minimum atomic E-state index is -0.429. The largest absolute Gasteiger partial charge is 0.494 e. The van der Waals surface area contributed by atoms with Crippen molar-refractivity contribution in [2.45, 2.75) is 25.7 Å². The number of carbonyl (C=O) groups is 2. The molecule has 146 valence electrons. The second-order valence-electron chi connectivity index (χ2n) is 6.23. The summed E-state index contributed by atoms with van der Waals surface area (Å²) < 4.78 is 18.6. The molecule has 0 aromatic heterocycles. The number of ether oxygens (including phenoxy) is 1. The van der Waals surface area contributed by atoms with Crippen molar-refractivity contribution in [3.63, 3.8) is 0 Å². The van der Waals surface area contributed by atoms with Crippen LogP contribution in [-0.4, -0.2) is 50.0 Å². The maximum atomic E-state index is 13.7. The van der Waals surface area contributed by atoms with Crippen molar-refractivity contribution in [2.75, 3.05) is 33.3 Å². The van der Waals surface area contributed by atoms with Gasteiger partial charge in [-0.1, -0.05) is 6.07 Å². The molecule has 1 unspecified atom stereocenters. The van der Waals surface area contributed by atoms with Gasteiger partial charge in [0, 0.05) is 32.6 Å². The predicted octanol–water partition coefficient (Wildman–Crippen LogP) is 1.50. The first-order valence-electron chi connectivity index (χ1n) is 8.63. The Labute approximate surface area is 159 Å². The number of rotatable bonds is 7. The average Bonchev–Trinajstić information content (AvgIpc) is 2.64. The van der Waals surface area contributed by atoms with Crippen molar-refractivity contribution >= 4 is 24.2 Å². The van der Waals surface area contributed by atoms with E-state index in [2.05, 4.69) is 5.32 Å². The summed E-state index contributed by atoms with van der Waals surface area (Å²) >= 11 is 0. The van der Waals surface area contributed by atoms with Crippen LogP contribution in [0.4, 0.5) is 4.39 Å². The molecule has 8 heteroatoms. The number of methoxy groups -OCH3 is 1.